The zero-order valence-electron chi connectivity index (χ0n) is 16.6. The van der Waals surface area contributed by atoms with Crippen molar-refractivity contribution in [3.63, 3.8) is 0 Å². The first kappa shape index (κ1) is 18.7. The molecule has 27 heavy (non-hydrogen) atoms. The van der Waals surface area contributed by atoms with Gasteiger partial charge in [-0.15, -0.1) is 0 Å². The summed E-state index contributed by atoms with van der Waals surface area (Å²) in [4.78, 5) is 14.8. The molecule has 1 amide bonds. The minimum absolute atomic E-state index is 0.0329. The second-order valence-corrected chi connectivity index (χ2v) is 8.47. The summed E-state index contributed by atoms with van der Waals surface area (Å²) in [6.45, 7) is 8.71. The van der Waals surface area contributed by atoms with Gasteiger partial charge in [-0.2, -0.15) is 5.10 Å². The van der Waals surface area contributed by atoms with Crippen molar-refractivity contribution in [3.05, 3.63) is 30.1 Å². The van der Waals surface area contributed by atoms with E-state index >= 15 is 0 Å². The molecule has 1 aromatic rings. The van der Waals surface area contributed by atoms with E-state index in [1.54, 1.807) is 10.9 Å². The minimum Gasteiger partial charge on any atom is -0.370 e. The molecule has 0 radical (unpaired) electrons. The Kier molecular flexibility index (Phi) is 5.37. The van der Waals surface area contributed by atoms with E-state index in [0.717, 1.165) is 45.4 Å². The van der Waals surface area contributed by atoms with E-state index in [-0.39, 0.29) is 18.1 Å². The number of nitrogens with one attached hydrogen (secondary N) is 1. The van der Waals surface area contributed by atoms with E-state index in [0.29, 0.717) is 17.9 Å². The van der Waals surface area contributed by atoms with Gasteiger partial charge in [0.25, 0.3) is 0 Å². The number of nitrogens with zero attached hydrogens (tertiary/aromatic N) is 3. The van der Waals surface area contributed by atoms with Crippen LogP contribution >= 0.6 is 0 Å². The monoisotopic (exact) mass is 372 g/mol. The number of aromatic nitrogens is 2. The molecule has 3 aliphatic rings. The summed E-state index contributed by atoms with van der Waals surface area (Å²) in [7, 11) is 0. The highest BCUT2D eigenvalue weighted by Crippen LogP contribution is 2.54. The van der Waals surface area contributed by atoms with Crippen molar-refractivity contribution in [1.29, 1.82) is 0 Å². The fraction of sp³-hybridized carbons (Fsp3) is 0.714. The molecule has 6 nitrogen and oxygen atoms in total. The summed E-state index contributed by atoms with van der Waals surface area (Å²) >= 11 is 0. The molecular formula is C21H32N4O2. The van der Waals surface area contributed by atoms with Gasteiger partial charge in [-0.3, -0.25) is 14.4 Å². The Labute approximate surface area is 161 Å². The number of fused-ring (bicyclic) bond motifs is 1. The van der Waals surface area contributed by atoms with Crippen LogP contribution in [0.5, 0.6) is 0 Å². The van der Waals surface area contributed by atoms with Gasteiger partial charge in [0.05, 0.1) is 11.7 Å². The molecule has 3 saturated heterocycles. The maximum atomic E-state index is 12.2. The van der Waals surface area contributed by atoms with Gasteiger partial charge in [-0.1, -0.05) is 18.6 Å². The summed E-state index contributed by atoms with van der Waals surface area (Å²) in [6.07, 6.45) is 10.8. The summed E-state index contributed by atoms with van der Waals surface area (Å²) in [5.41, 5.74) is 1.52. The van der Waals surface area contributed by atoms with Crippen LogP contribution in [-0.4, -0.2) is 58.5 Å². The number of carbonyl (C=O) groups is 1. The zero-order valence-corrected chi connectivity index (χ0v) is 16.6. The van der Waals surface area contributed by atoms with E-state index in [1.165, 1.54) is 12.0 Å². The standard InChI is InChI=1S/C21H32N4O2/c1-3-16(2)6-4-10-24-13-18-17(19-7-8-21(18,15-24)27-19)12-22-20(26)14-25-11-5-9-23-25/h5-6,9,11,17-19H,3-4,7-8,10,12-15H2,1-2H3,(H,22,26)/t17-,18+,19+,21+/m0/s1. The van der Waals surface area contributed by atoms with Crippen LogP contribution in [0.15, 0.2) is 30.1 Å². The van der Waals surface area contributed by atoms with E-state index in [1.807, 2.05) is 12.3 Å². The molecule has 3 aliphatic heterocycles. The third-order valence-corrected chi connectivity index (χ3v) is 6.75. The molecule has 0 saturated carbocycles. The number of hydrogen-bond acceptors (Lipinski definition) is 4. The van der Waals surface area contributed by atoms with Crippen LogP contribution in [0.25, 0.3) is 0 Å². The van der Waals surface area contributed by atoms with Gasteiger partial charge in [0.15, 0.2) is 0 Å². The second kappa shape index (κ2) is 7.76. The van der Waals surface area contributed by atoms with Gasteiger partial charge < -0.3 is 10.1 Å². The predicted molar refractivity (Wildman–Crippen MR) is 104 cm³/mol. The first-order chi connectivity index (χ1) is 13.1. The lowest BCUT2D eigenvalue weighted by atomic mass is 9.73. The molecule has 148 valence electrons. The van der Waals surface area contributed by atoms with Crippen molar-refractivity contribution in [1.82, 2.24) is 20.0 Å². The van der Waals surface area contributed by atoms with Gasteiger partial charge in [0, 0.05) is 50.4 Å². The van der Waals surface area contributed by atoms with E-state index in [9.17, 15) is 4.79 Å². The molecule has 3 fully saturated rings. The van der Waals surface area contributed by atoms with E-state index < -0.39 is 0 Å². The molecular weight excluding hydrogens is 340 g/mol. The number of likely N-dealkylation sites (tertiary alicyclic amines) is 1. The molecule has 4 atom stereocenters. The Hall–Kier alpha value is -1.66. The summed E-state index contributed by atoms with van der Waals surface area (Å²) in [5, 5.41) is 7.23. The van der Waals surface area contributed by atoms with Crippen LogP contribution in [-0.2, 0) is 16.1 Å². The molecule has 0 aromatic carbocycles. The highest BCUT2D eigenvalue weighted by Gasteiger charge is 2.62. The van der Waals surface area contributed by atoms with E-state index in [4.69, 9.17) is 4.74 Å². The first-order valence-electron chi connectivity index (χ1n) is 10.4. The molecule has 2 bridgehead atoms. The number of hydrogen-bond donors (Lipinski definition) is 1. The minimum atomic E-state index is 0.0329. The lowest BCUT2D eigenvalue weighted by molar-refractivity contribution is -0.122. The maximum Gasteiger partial charge on any atom is 0.241 e. The van der Waals surface area contributed by atoms with Crippen LogP contribution in [0.1, 0.15) is 39.5 Å². The van der Waals surface area contributed by atoms with Crippen molar-refractivity contribution in [2.45, 2.75) is 57.8 Å². The van der Waals surface area contributed by atoms with Gasteiger partial charge in [0.1, 0.15) is 6.54 Å². The lowest BCUT2D eigenvalue weighted by Crippen LogP contribution is -2.42. The Balaban J connectivity index is 1.30. The highest BCUT2D eigenvalue weighted by atomic mass is 16.5. The zero-order chi connectivity index (χ0) is 18.9. The molecule has 4 rings (SSSR count). The average molecular weight is 373 g/mol. The van der Waals surface area contributed by atoms with Crippen molar-refractivity contribution in [3.8, 4) is 0 Å². The Bertz CT molecular complexity index is 686. The third-order valence-electron chi connectivity index (χ3n) is 6.75. The molecule has 0 unspecified atom stereocenters. The van der Waals surface area contributed by atoms with Crippen molar-refractivity contribution < 1.29 is 9.53 Å². The molecule has 1 aromatic heterocycles. The van der Waals surface area contributed by atoms with Crippen LogP contribution in [0.2, 0.25) is 0 Å². The van der Waals surface area contributed by atoms with Crippen LogP contribution < -0.4 is 5.32 Å². The van der Waals surface area contributed by atoms with Gasteiger partial charge >= 0.3 is 0 Å². The largest absolute Gasteiger partial charge is 0.370 e. The quantitative estimate of drug-likeness (QED) is 0.711. The van der Waals surface area contributed by atoms with Crippen LogP contribution in [0.4, 0.5) is 0 Å². The number of ether oxygens (including phenoxy) is 1. The Morgan fingerprint density at radius 3 is 3.15 bits per heavy atom. The van der Waals surface area contributed by atoms with Gasteiger partial charge in [-0.05, 0) is 38.7 Å². The highest BCUT2D eigenvalue weighted by molar-refractivity contribution is 5.75. The summed E-state index contributed by atoms with van der Waals surface area (Å²) in [5.74, 6) is 1.03. The fourth-order valence-electron chi connectivity index (χ4n) is 5.20. The normalized spacial score (nSPS) is 32.8. The number of rotatable bonds is 8. The summed E-state index contributed by atoms with van der Waals surface area (Å²) in [6, 6.07) is 1.84. The van der Waals surface area contributed by atoms with E-state index in [2.05, 4.69) is 35.2 Å². The number of allylic oxidation sites excluding steroid dienone is 1. The van der Waals surface area contributed by atoms with Gasteiger partial charge in [-0.25, -0.2) is 0 Å². The molecule has 1 spiro atoms. The molecule has 1 N–H and O–H groups in total. The number of amides is 1. The molecule has 6 heteroatoms. The van der Waals surface area contributed by atoms with Crippen LogP contribution in [0.3, 0.4) is 0 Å². The lowest BCUT2D eigenvalue weighted by Gasteiger charge is -2.29. The Morgan fingerprint density at radius 2 is 2.37 bits per heavy atom. The Morgan fingerprint density at radius 1 is 1.48 bits per heavy atom. The maximum absolute atomic E-state index is 12.2. The first-order valence-corrected chi connectivity index (χ1v) is 10.4. The topological polar surface area (TPSA) is 59.4 Å². The predicted octanol–water partition coefficient (Wildman–Crippen LogP) is 2.23. The fourth-order valence-corrected chi connectivity index (χ4v) is 5.20. The van der Waals surface area contributed by atoms with Crippen molar-refractivity contribution in [2.75, 3.05) is 26.2 Å². The number of carbonyl (C=O) groups excluding carboxylic acids is 1. The molecule has 0 aliphatic carbocycles. The molecule has 4 heterocycles. The average Bonchev–Trinajstić information content (AvgIpc) is 3.41. The van der Waals surface area contributed by atoms with Crippen LogP contribution in [0, 0.1) is 11.8 Å². The smallest absolute Gasteiger partial charge is 0.241 e. The van der Waals surface area contributed by atoms with Gasteiger partial charge in [0.2, 0.25) is 5.91 Å². The summed E-state index contributed by atoms with van der Waals surface area (Å²) < 4.78 is 8.15. The van der Waals surface area contributed by atoms with Crippen molar-refractivity contribution in [2.24, 2.45) is 11.8 Å². The second-order valence-electron chi connectivity index (χ2n) is 8.47. The third kappa shape index (κ3) is 3.83. The SMILES string of the molecule is CCC(C)=CCCN1C[C@@H]2[C@H](CNC(=O)Cn3cccn3)[C@H]3CC[C@]2(C1)O3. The van der Waals surface area contributed by atoms with Crippen molar-refractivity contribution >= 4 is 5.91 Å².